The van der Waals surface area contributed by atoms with Crippen molar-refractivity contribution < 1.29 is 4.79 Å². The first kappa shape index (κ1) is 11.0. The van der Waals surface area contributed by atoms with Crippen LogP contribution in [0, 0.1) is 0 Å². The van der Waals surface area contributed by atoms with Gasteiger partial charge in [-0.05, 0) is 37.1 Å². The number of nitrogens with one attached hydrogen (secondary N) is 2. The minimum absolute atomic E-state index is 0.0310. The number of carbonyl (C=O) groups is 1. The zero-order valence-electron chi connectivity index (χ0n) is 9.62. The van der Waals surface area contributed by atoms with Gasteiger partial charge in [0, 0.05) is 24.3 Å². The summed E-state index contributed by atoms with van der Waals surface area (Å²) in [7, 11) is 0. The van der Waals surface area contributed by atoms with E-state index in [0.29, 0.717) is 6.04 Å². The highest BCUT2D eigenvalue weighted by Crippen LogP contribution is 2.23. The summed E-state index contributed by atoms with van der Waals surface area (Å²) in [5.74, 6) is -0.0310. The molecule has 1 aliphatic carbocycles. The molecule has 1 aromatic rings. The van der Waals surface area contributed by atoms with Crippen LogP contribution in [0.15, 0.2) is 24.3 Å². The van der Waals surface area contributed by atoms with Crippen LogP contribution < -0.4 is 10.6 Å². The van der Waals surface area contributed by atoms with Crippen LogP contribution in [-0.2, 0) is 4.79 Å². The summed E-state index contributed by atoms with van der Waals surface area (Å²) in [6.07, 6.45) is 5.21. The molecule has 0 atom stereocenters. The van der Waals surface area contributed by atoms with Gasteiger partial charge in [0.05, 0.1) is 0 Å². The molecule has 0 heterocycles. The number of carbonyl (C=O) groups excluding carboxylic acids is 1. The highest BCUT2D eigenvalue weighted by atomic mass is 16.1. The van der Waals surface area contributed by atoms with E-state index in [1.807, 2.05) is 24.3 Å². The molecular weight excluding hydrogens is 200 g/mol. The lowest BCUT2D eigenvalue weighted by molar-refractivity contribution is -0.114. The van der Waals surface area contributed by atoms with Gasteiger partial charge < -0.3 is 10.6 Å². The Morgan fingerprint density at radius 3 is 2.25 bits per heavy atom. The zero-order chi connectivity index (χ0) is 11.4. The van der Waals surface area contributed by atoms with Crippen LogP contribution in [0.4, 0.5) is 11.4 Å². The quantitative estimate of drug-likeness (QED) is 0.818. The molecule has 0 aromatic heterocycles. The predicted octanol–water partition coefficient (Wildman–Crippen LogP) is 3.00. The maximum absolute atomic E-state index is 10.9. The molecule has 1 saturated carbocycles. The van der Waals surface area contributed by atoms with Crippen LogP contribution in [0.2, 0.25) is 0 Å². The number of hydrogen-bond acceptors (Lipinski definition) is 2. The lowest BCUT2D eigenvalue weighted by Crippen LogP contribution is -2.14. The molecule has 2 rings (SSSR count). The summed E-state index contributed by atoms with van der Waals surface area (Å²) >= 11 is 0. The average molecular weight is 218 g/mol. The van der Waals surface area contributed by atoms with Gasteiger partial charge in [-0.3, -0.25) is 4.79 Å². The Labute approximate surface area is 96.2 Å². The van der Waals surface area contributed by atoms with E-state index in [1.54, 1.807) is 0 Å². The average Bonchev–Trinajstić information content (AvgIpc) is 2.73. The number of benzene rings is 1. The van der Waals surface area contributed by atoms with Crippen LogP contribution in [0.3, 0.4) is 0 Å². The minimum atomic E-state index is -0.0310. The van der Waals surface area contributed by atoms with Crippen LogP contribution in [-0.4, -0.2) is 11.9 Å². The molecule has 1 aliphatic rings. The SMILES string of the molecule is CC(=O)Nc1ccc(NC2CCCC2)cc1. The summed E-state index contributed by atoms with van der Waals surface area (Å²) < 4.78 is 0. The van der Waals surface area contributed by atoms with Gasteiger partial charge in [-0.2, -0.15) is 0 Å². The highest BCUT2D eigenvalue weighted by molar-refractivity contribution is 5.88. The van der Waals surface area contributed by atoms with E-state index >= 15 is 0 Å². The van der Waals surface area contributed by atoms with Crippen LogP contribution in [0.5, 0.6) is 0 Å². The fourth-order valence-electron chi connectivity index (χ4n) is 2.16. The predicted molar refractivity (Wildman–Crippen MR) is 66.6 cm³/mol. The van der Waals surface area contributed by atoms with E-state index < -0.39 is 0 Å². The Bertz CT molecular complexity index is 353. The maximum Gasteiger partial charge on any atom is 0.221 e. The third kappa shape index (κ3) is 2.99. The van der Waals surface area contributed by atoms with Gasteiger partial charge in [-0.1, -0.05) is 12.8 Å². The lowest BCUT2D eigenvalue weighted by Gasteiger charge is -2.13. The molecule has 1 fully saturated rings. The Kier molecular flexibility index (Phi) is 3.44. The van der Waals surface area contributed by atoms with Crippen molar-refractivity contribution in [3.05, 3.63) is 24.3 Å². The fraction of sp³-hybridized carbons (Fsp3) is 0.462. The summed E-state index contributed by atoms with van der Waals surface area (Å²) in [4.78, 5) is 10.9. The molecule has 2 N–H and O–H groups in total. The first-order valence-corrected chi connectivity index (χ1v) is 5.88. The first-order valence-electron chi connectivity index (χ1n) is 5.88. The van der Waals surface area contributed by atoms with E-state index in [-0.39, 0.29) is 5.91 Å². The van der Waals surface area contributed by atoms with Crippen molar-refractivity contribution in [2.45, 2.75) is 38.6 Å². The van der Waals surface area contributed by atoms with E-state index in [1.165, 1.54) is 32.6 Å². The Morgan fingerprint density at radius 2 is 1.69 bits per heavy atom. The van der Waals surface area contributed by atoms with Gasteiger partial charge in [0.1, 0.15) is 0 Å². The molecule has 3 heteroatoms. The number of anilines is 2. The van der Waals surface area contributed by atoms with Crippen molar-refractivity contribution in [1.82, 2.24) is 0 Å². The van der Waals surface area contributed by atoms with Gasteiger partial charge >= 0.3 is 0 Å². The van der Waals surface area contributed by atoms with Crippen LogP contribution in [0.25, 0.3) is 0 Å². The van der Waals surface area contributed by atoms with Gasteiger partial charge in [-0.25, -0.2) is 0 Å². The van der Waals surface area contributed by atoms with Crippen molar-refractivity contribution >= 4 is 17.3 Å². The van der Waals surface area contributed by atoms with Crippen molar-refractivity contribution in [2.75, 3.05) is 10.6 Å². The summed E-state index contributed by atoms with van der Waals surface area (Å²) in [6, 6.07) is 8.52. The van der Waals surface area contributed by atoms with E-state index in [2.05, 4.69) is 10.6 Å². The molecule has 0 saturated heterocycles. The van der Waals surface area contributed by atoms with E-state index in [9.17, 15) is 4.79 Å². The van der Waals surface area contributed by atoms with Crippen molar-refractivity contribution in [1.29, 1.82) is 0 Å². The molecule has 16 heavy (non-hydrogen) atoms. The molecule has 1 amide bonds. The maximum atomic E-state index is 10.9. The van der Waals surface area contributed by atoms with Gasteiger partial charge in [0.2, 0.25) is 5.91 Å². The molecule has 3 nitrogen and oxygen atoms in total. The van der Waals surface area contributed by atoms with E-state index in [4.69, 9.17) is 0 Å². The van der Waals surface area contributed by atoms with Gasteiger partial charge in [-0.15, -0.1) is 0 Å². The standard InChI is InChI=1S/C13H18N2O/c1-10(16)14-12-6-8-13(9-7-12)15-11-4-2-3-5-11/h6-9,11,15H,2-5H2,1H3,(H,14,16). The molecule has 0 radical (unpaired) electrons. The summed E-state index contributed by atoms with van der Waals surface area (Å²) in [6.45, 7) is 1.52. The normalized spacial score (nSPS) is 16.1. The topological polar surface area (TPSA) is 41.1 Å². The number of rotatable bonds is 3. The second kappa shape index (κ2) is 5.01. The molecule has 1 aromatic carbocycles. The fourth-order valence-corrected chi connectivity index (χ4v) is 2.16. The van der Waals surface area contributed by atoms with Crippen molar-refractivity contribution in [3.63, 3.8) is 0 Å². The van der Waals surface area contributed by atoms with Gasteiger partial charge in [0.15, 0.2) is 0 Å². The Hall–Kier alpha value is -1.51. The second-order valence-electron chi connectivity index (χ2n) is 4.38. The second-order valence-corrected chi connectivity index (χ2v) is 4.38. The largest absolute Gasteiger partial charge is 0.382 e. The zero-order valence-corrected chi connectivity index (χ0v) is 9.62. The molecule has 0 aliphatic heterocycles. The minimum Gasteiger partial charge on any atom is -0.382 e. The van der Waals surface area contributed by atoms with E-state index in [0.717, 1.165) is 11.4 Å². The number of amides is 1. The third-order valence-corrected chi connectivity index (χ3v) is 2.93. The molecule has 0 bridgehead atoms. The molecule has 0 spiro atoms. The van der Waals surface area contributed by atoms with Gasteiger partial charge in [0.25, 0.3) is 0 Å². The monoisotopic (exact) mass is 218 g/mol. The molecule has 0 unspecified atom stereocenters. The van der Waals surface area contributed by atoms with Crippen molar-refractivity contribution in [2.24, 2.45) is 0 Å². The summed E-state index contributed by atoms with van der Waals surface area (Å²) in [5, 5.41) is 6.27. The number of hydrogen-bond donors (Lipinski definition) is 2. The summed E-state index contributed by atoms with van der Waals surface area (Å²) in [5.41, 5.74) is 1.99. The Balaban J connectivity index is 1.93. The Morgan fingerprint density at radius 1 is 1.12 bits per heavy atom. The van der Waals surface area contributed by atoms with Crippen LogP contribution in [0.1, 0.15) is 32.6 Å². The third-order valence-electron chi connectivity index (χ3n) is 2.93. The molecule has 86 valence electrons. The highest BCUT2D eigenvalue weighted by Gasteiger charge is 2.13. The van der Waals surface area contributed by atoms with Crippen LogP contribution >= 0.6 is 0 Å². The first-order chi connectivity index (χ1) is 7.74. The van der Waals surface area contributed by atoms with Crippen molar-refractivity contribution in [3.8, 4) is 0 Å². The smallest absolute Gasteiger partial charge is 0.221 e. The molecular formula is C13H18N2O. The lowest BCUT2D eigenvalue weighted by atomic mass is 10.2.